The van der Waals surface area contributed by atoms with E-state index in [4.69, 9.17) is 5.73 Å². The van der Waals surface area contributed by atoms with Crippen molar-refractivity contribution in [1.29, 1.82) is 0 Å². The first-order valence-electron chi connectivity index (χ1n) is 4.76. The van der Waals surface area contributed by atoms with Crippen molar-refractivity contribution in [3.8, 4) is 0 Å². The molecule has 2 rings (SSSR count). The first-order valence-corrected chi connectivity index (χ1v) is 4.76. The van der Waals surface area contributed by atoms with Crippen LogP contribution in [0.3, 0.4) is 0 Å². The van der Waals surface area contributed by atoms with Crippen LogP contribution >= 0.6 is 12.4 Å². The molecule has 3 nitrogen and oxygen atoms in total. The molecule has 0 spiro atoms. The molecule has 1 amide bonds. The SMILES string of the molecule is C[C@@H](N)C(=O)N1CC2CCCC21.Cl. The highest BCUT2D eigenvalue weighted by molar-refractivity contribution is 5.85. The lowest BCUT2D eigenvalue weighted by Crippen LogP contribution is -2.59. The average Bonchev–Trinajstić information content (AvgIpc) is 2.32. The summed E-state index contributed by atoms with van der Waals surface area (Å²) in [7, 11) is 0. The first kappa shape index (κ1) is 10.8. The summed E-state index contributed by atoms with van der Waals surface area (Å²) in [5, 5.41) is 0. The quantitative estimate of drug-likeness (QED) is 0.686. The maximum absolute atomic E-state index is 11.5. The Balaban J connectivity index is 0.000000845. The Morgan fingerprint density at radius 3 is 2.77 bits per heavy atom. The van der Waals surface area contributed by atoms with Crippen LogP contribution in [-0.4, -0.2) is 29.4 Å². The van der Waals surface area contributed by atoms with Gasteiger partial charge in [-0.1, -0.05) is 6.42 Å². The van der Waals surface area contributed by atoms with E-state index in [2.05, 4.69) is 0 Å². The number of hydrogen-bond acceptors (Lipinski definition) is 2. The van der Waals surface area contributed by atoms with E-state index in [-0.39, 0.29) is 24.4 Å². The fourth-order valence-electron chi connectivity index (χ4n) is 2.41. The maximum atomic E-state index is 11.5. The van der Waals surface area contributed by atoms with Gasteiger partial charge in [0.2, 0.25) is 5.91 Å². The lowest BCUT2D eigenvalue weighted by Gasteiger charge is -2.45. The van der Waals surface area contributed by atoms with Crippen LogP contribution in [0, 0.1) is 5.92 Å². The largest absolute Gasteiger partial charge is 0.338 e. The van der Waals surface area contributed by atoms with Crippen LogP contribution in [0.1, 0.15) is 26.2 Å². The van der Waals surface area contributed by atoms with Crippen molar-refractivity contribution in [2.45, 2.75) is 38.3 Å². The van der Waals surface area contributed by atoms with Gasteiger partial charge in [-0.2, -0.15) is 0 Å². The van der Waals surface area contributed by atoms with Crippen molar-refractivity contribution >= 4 is 18.3 Å². The van der Waals surface area contributed by atoms with E-state index in [1.165, 1.54) is 19.3 Å². The third-order valence-electron chi connectivity index (χ3n) is 3.12. The van der Waals surface area contributed by atoms with E-state index in [0.717, 1.165) is 12.5 Å². The Hall–Kier alpha value is -0.280. The highest BCUT2D eigenvalue weighted by Gasteiger charge is 2.44. The zero-order valence-corrected chi connectivity index (χ0v) is 8.72. The number of nitrogens with zero attached hydrogens (tertiary/aromatic N) is 1. The Labute approximate surface area is 85.1 Å². The predicted octanol–water partition coefficient (Wildman–Crippen LogP) is 0.766. The molecule has 76 valence electrons. The second kappa shape index (κ2) is 3.84. The fourth-order valence-corrected chi connectivity index (χ4v) is 2.41. The Kier molecular flexibility index (Phi) is 3.19. The van der Waals surface area contributed by atoms with Crippen LogP contribution in [-0.2, 0) is 4.79 Å². The molecule has 4 heteroatoms. The minimum Gasteiger partial charge on any atom is -0.338 e. The fraction of sp³-hybridized carbons (Fsp3) is 0.889. The average molecular weight is 205 g/mol. The molecule has 2 N–H and O–H groups in total. The molecular formula is C9H17ClN2O. The summed E-state index contributed by atoms with van der Waals surface area (Å²) in [6.07, 6.45) is 3.80. The number of halogens is 1. The van der Waals surface area contributed by atoms with E-state index in [1.54, 1.807) is 6.92 Å². The second-order valence-corrected chi connectivity index (χ2v) is 4.04. The summed E-state index contributed by atoms with van der Waals surface area (Å²) in [6.45, 7) is 2.73. The minimum absolute atomic E-state index is 0. The minimum atomic E-state index is -0.313. The van der Waals surface area contributed by atoms with E-state index < -0.39 is 0 Å². The summed E-state index contributed by atoms with van der Waals surface area (Å²) in [6, 6.07) is 0.232. The van der Waals surface area contributed by atoms with E-state index in [1.807, 2.05) is 4.90 Å². The molecule has 0 radical (unpaired) electrons. The molecule has 2 unspecified atom stereocenters. The predicted molar refractivity (Wildman–Crippen MR) is 53.7 cm³/mol. The van der Waals surface area contributed by atoms with Crippen LogP contribution in [0.25, 0.3) is 0 Å². The number of carbonyl (C=O) groups excluding carboxylic acids is 1. The number of hydrogen-bond donors (Lipinski definition) is 1. The van der Waals surface area contributed by atoms with Crippen LogP contribution in [0.15, 0.2) is 0 Å². The van der Waals surface area contributed by atoms with Crippen molar-refractivity contribution in [2.24, 2.45) is 11.7 Å². The molecule has 2 fully saturated rings. The van der Waals surface area contributed by atoms with Gasteiger partial charge in [0.15, 0.2) is 0 Å². The van der Waals surface area contributed by atoms with Gasteiger partial charge in [0, 0.05) is 12.6 Å². The van der Waals surface area contributed by atoms with Gasteiger partial charge >= 0.3 is 0 Å². The highest BCUT2D eigenvalue weighted by Crippen LogP contribution is 2.38. The van der Waals surface area contributed by atoms with Crippen molar-refractivity contribution < 1.29 is 4.79 Å². The number of nitrogens with two attached hydrogens (primary N) is 1. The molecule has 1 saturated heterocycles. The van der Waals surface area contributed by atoms with Gasteiger partial charge in [0.1, 0.15) is 0 Å². The van der Waals surface area contributed by atoms with Crippen LogP contribution in [0.5, 0.6) is 0 Å². The van der Waals surface area contributed by atoms with Crippen LogP contribution in [0.2, 0.25) is 0 Å². The lowest BCUT2D eigenvalue weighted by atomic mass is 9.91. The van der Waals surface area contributed by atoms with Crippen molar-refractivity contribution in [3.63, 3.8) is 0 Å². The van der Waals surface area contributed by atoms with Crippen molar-refractivity contribution in [2.75, 3.05) is 6.54 Å². The zero-order chi connectivity index (χ0) is 8.72. The number of amides is 1. The molecule has 3 atom stereocenters. The van der Waals surface area contributed by atoms with Gasteiger partial charge in [0.25, 0.3) is 0 Å². The molecule has 1 saturated carbocycles. The van der Waals surface area contributed by atoms with E-state index in [9.17, 15) is 4.79 Å². The van der Waals surface area contributed by atoms with Gasteiger partial charge in [-0.3, -0.25) is 4.79 Å². The summed E-state index contributed by atoms with van der Waals surface area (Å²) in [5.41, 5.74) is 5.54. The molecule has 2 aliphatic rings. The molecule has 13 heavy (non-hydrogen) atoms. The summed E-state index contributed by atoms with van der Waals surface area (Å²) in [4.78, 5) is 13.4. The van der Waals surface area contributed by atoms with Gasteiger partial charge in [-0.25, -0.2) is 0 Å². The number of fused-ring (bicyclic) bond motifs is 1. The standard InChI is InChI=1S/C9H16N2O.ClH/c1-6(10)9(12)11-5-7-3-2-4-8(7)11;/h6-8H,2-5,10H2,1H3;1H/t6-,7?,8?;/m1./s1. The van der Waals surface area contributed by atoms with Gasteiger partial charge in [-0.05, 0) is 25.7 Å². The molecule has 1 aliphatic carbocycles. The van der Waals surface area contributed by atoms with Gasteiger partial charge in [-0.15, -0.1) is 12.4 Å². The molecule has 1 heterocycles. The van der Waals surface area contributed by atoms with Crippen LogP contribution < -0.4 is 5.73 Å². The summed E-state index contributed by atoms with van der Waals surface area (Å²) >= 11 is 0. The van der Waals surface area contributed by atoms with Crippen molar-refractivity contribution in [3.05, 3.63) is 0 Å². The number of likely N-dealkylation sites (tertiary alicyclic amines) is 1. The van der Waals surface area contributed by atoms with E-state index >= 15 is 0 Å². The monoisotopic (exact) mass is 204 g/mol. The smallest absolute Gasteiger partial charge is 0.239 e. The van der Waals surface area contributed by atoms with E-state index in [0.29, 0.717) is 6.04 Å². The molecule has 1 aliphatic heterocycles. The summed E-state index contributed by atoms with van der Waals surface area (Å²) < 4.78 is 0. The summed E-state index contributed by atoms with van der Waals surface area (Å²) in [5.74, 6) is 0.936. The highest BCUT2D eigenvalue weighted by atomic mass is 35.5. The molecule has 0 aromatic carbocycles. The number of rotatable bonds is 1. The molecular weight excluding hydrogens is 188 g/mol. The Morgan fingerprint density at radius 2 is 2.23 bits per heavy atom. The third kappa shape index (κ3) is 1.67. The number of carbonyl (C=O) groups is 1. The zero-order valence-electron chi connectivity index (χ0n) is 7.90. The lowest BCUT2D eigenvalue weighted by molar-refractivity contribution is -0.143. The molecule has 0 aromatic rings. The topological polar surface area (TPSA) is 46.3 Å². The first-order chi connectivity index (χ1) is 5.70. The van der Waals surface area contributed by atoms with Crippen molar-refractivity contribution in [1.82, 2.24) is 4.90 Å². The normalized spacial score (nSPS) is 32.9. The molecule has 0 aromatic heterocycles. The van der Waals surface area contributed by atoms with Gasteiger partial charge in [0.05, 0.1) is 6.04 Å². The Morgan fingerprint density at radius 1 is 1.54 bits per heavy atom. The molecule has 0 bridgehead atoms. The van der Waals surface area contributed by atoms with Gasteiger partial charge < -0.3 is 10.6 Å². The van der Waals surface area contributed by atoms with Crippen LogP contribution in [0.4, 0.5) is 0 Å². The third-order valence-corrected chi connectivity index (χ3v) is 3.12. The maximum Gasteiger partial charge on any atom is 0.239 e. The second-order valence-electron chi connectivity index (χ2n) is 4.04. The Bertz CT molecular complexity index is 208.